The van der Waals surface area contributed by atoms with E-state index < -0.39 is 12.2 Å². The zero-order valence-corrected chi connectivity index (χ0v) is 21.0. The number of urea groups is 1. The fourth-order valence-corrected chi connectivity index (χ4v) is 4.90. The molecule has 2 atom stereocenters. The molecule has 4 amide bonds. The van der Waals surface area contributed by atoms with Crippen LogP contribution in [0.4, 0.5) is 4.79 Å². The van der Waals surface area contributed by atoms with Gasteiger partial charge in [-0.3, -0.25) is 9.59 Å². The summed E-state index contributed by atoms with van der Waals surface area (Å²) in [5.74, 6) is 2.29. The highest BCUT2D eigenvalue weighted by Gasteiger charge is 2.51. The largest absolute Gasteiger partial charge is 0.508 e. The third kappa shape index (κ3) is 5.87. The summed E-state index contributed by atoms with van der Waals surface area (Å²) in [6.45, 7) is 3.09. The minimum absolute atomic E-state index is 0.0837. The van der Waals surface area contributed by atoms with Crippen molar-refractivity contribution in [2.24, 2.45) is 0 Å². The van der Waals surface area contributed by atoms with Crippen LogP contribution in [0.3, 0.4) is 0 Å². The lowest BCUT2D eigenvalue weighted by Gasteiger charge is -2.55. The zero-order chi connectivity index (χ0) is 26.4. The van der Waals surface area contributed by atoms with E-state index in [4.69, 9.17) is 6.42 Å². The Hall–Kier alpha value is -4.03. The van der Waals surface area contributed by atoms with Crippen LogP contribution in [0.2, 0.25) is 0 Å². The molecule has 37 heavy (non-hydrogen) atoms. The maximum absolute atomic E-state index is 13.6. The molecule has 0 unspecified atom stereocenters. The number of rotatable bonds is 8. The molecule has 0 aromatic heterocycles. The standard InChI is InChI=1S/C28H33N5O4/c1-3-5-16-30-19-25-32(24(27(30)36)17-21-11-13-23(34)14-12-21)26(35)20-31(15-4-2)33(25)28(37)29-18-22-9-7-6-8-10-22/h2,6-14,24-25,34H,3,5,15-20H2,1H3,(H,29,37)/t24-,25-/m0/s1. The first-order valence-corrected chi connectivity index (χ1v) is 12.6. The summed E-state index contributed by atoms with van der Waals surface area (Å²) in [6, 6.07) is 15.0. The molecular weight excluding hydrogens is 470 g/mol. The average molecular weight is 504 g/mol. The lowest BCUT2D eigenvalue weighted by Crippen LogP contribution is -2.76. The van der Waals surface area contributed by atoms with Gasteiger partial charge in [0, 0.05) is 19.5 Å². The number of hydrogen-bond donors (Lipinski definition) is 2. The molecule has 2 heterocycles. The maximum Gasteiger partial charge on any atom is 0.334 e. The molecule has 2 aromatic rings. The number of phenolic OH excluding ortho intramolecular Hbond substituents is 1. The number of benzene rings is 2. The van der Waals surface area contributed by atoms with E-state index >= 15 is 0 Å². The van der Waals surface area contributed by atoms with Crippen molar-refractivity contribution in [1.82, 2.24) is 25.1 Å². The molecule has 9 nitrogen and oxygen atoms in total. The normalized spacial score (nSPS) is 19.9. The number of piperazine rings is 1. The van der Waals surface area contributed by atoms with E-state index in [9.17, 15) is 19.5 Å². The molecule has 0 spiro atoms. The first-order valence-electron chi connectivity index (χ1n) is 12.6. The Morgan fingerprint density at radius 3 is 2.51 bits per heavy atom. The Kier molecular flexibility index (Phi) is 8.31. The number of unbranched alkanes of at least 4 members (excludes halogenated alkanes) is 1. The van der Waals surface area contributed by atoms with Crippen molar-refractivity contribution in [2.45, 2.75) is 44.9 Å². The highest BCUT2D eigenvalue weighted by Crippen LogP contribution is 2.29. The molecule has 2 aromatic carbocycles. The van der Waals surface area contributed by atoms with Gasteiger partial charge in [-0.2, -0.15) is 5.01 Å². The Bertz CT molecular complexity index is 1150. The lowest BCUT2D eigenvalue weighted by molar-refractivity contribution is -0.188. The van der Waals surface area contributed by atoms with E-state index in [1.54, 1.807) is 39.1 Å². The second-order valence-electron chi connectivity index (χ2n) is 9.32. The molecule has 2 N–H and O–H groups in total. The van der Waals surface area contributed by atoms with Crippen molar-refractivity contribution in [3.63, 3.8) is 0 Å². The highest BCUT2D eigenvalue weighted by atomic mass is 16.3. The molecular formula is C28H33N5O4. The highest BCUT2D eigenvalue weighted by molar-refractivity contribution is 5.91. The molecule has 2 fully saturated rings. The van der Waals surface area contributed by atoms with Crippen LogP contribution in [-0.2, 0) is 22.6 Å². The van der Waals surface area contributed by atoms with Gasteiger partial charge in [0.05, 0.1) is 19.6 Å². The van der Waals surface area contributed by atoms with Crippen LogP contribution < -0.4 is 5.32 Å². The molecule has 2 aliphatic heterocycles. The average Bonchev–Trinajstić information content (AvgIpc) is 2.90. The molecule has 2 saturated heterocycles. The van der Waals surface area contributed by atoms with E-state index in [0.717, 1.165) is 24.0 Å². The zero-order valence-electron chi connectivity index (χ0n) is 21.0. The summed E-state index contributed by atoms with van der Waals surface area (Å²) in [7, 11) is 0. The fraction of sp³-hybridized carbons (Fsp3) is 0.393. The van der Waals surface area contributed by atoms with Crippen molar-refractivity contribution in [3.8, 4) is 18.1 Å². The number of phenols is 1. The Morgan fingerprint density at radius 2 is 1.84 bits per heavy atom. The quantitative estimate of drug-likeness (QED) is 0.539. The second-order valence-corrected chi connectivity index (χ2v) is 9.32. The molecule has 0 bridgehead atoms. The summed E-state index contributed by atoms with van der Waals surface area (Å²) in [6.07, 6.45) is 6.90. The Balaban J connectivity index is 1.65. The Morgan fingerprint density at radius 1 is 1.11 bits per heavy atom. The van der Waals surface area contributed by atoms with E-state index in [1.165, 1.54) is 5.01 Å². The summed E-state index contributed by atoms with van der Waals surface area (Å²) in [5, 5.41) is 15.7. The van der Waals surface area contributed by atoms with Gasteiger partial charge >= 0.3 is 6.03 Å². The minimum atomic E-state index is -0.773. The Labute approximate surface area is 217 Å². The first kappa shape index (κ1) is 26.0. The number of nitrogens with zero attached hydrogens (tertiary/aromatic N) is 4. The summed E-state index contributed by atoms with van der Waals surface area (Å²) in [4.78, 5) is 43.9. The first-order chi connectivity index (χ1) is 17.9. The number of amides is 4. The third-order valence-corrected chi connectivity index (χ3v) is 6.75. The number of hydrogen-bond acceptors (Lipinski definition) is 5. The van der Waals surface area contributed by atoms with Gasteiger partial charge in [0.25, 0.3) is 0 Å². The number of carbonyl (C=O) groups excluding carboxylic acids is 3. The van der Waals surface area contributed by atoms with Crippen LogP contribution >= 0.6 is 0 Å². The maximum atomic E-state index is 13.6. The number of nitrogens with one attached hydrogen (secondary N) is 1. The molecule has 9 heteroatoms. The monoisotopic (exact) mass is 503 g/mol. The van der Waals surface area contributed by atoms with Crippen LogP contribution in [-0.4, -0.2) is 81.2 Å². The summed E-state index contributed by atoms with van der Waals surface area (Å²) >= 11 is 0. The van der Waals surface area contributed by atoms with Crippen LogP contribution in [0, 0.1) is 12.3 Å². The fourth-order valence-electron chi connectivity index (χ4n) is 4.90. The van der Waals surface area contributed by atoms with Crippen molar-refractivity contribution in [3.05, 3.63) is 65.7 Å². The van der Waals surface area contributed by atoms with Crippen LogP contribution in [0.1, 0.15) is 30.9 Å². The van der Waals surface area contributed by atoms with Crippen molar-refractivity contribution >= 4 is 17.8 Å². The van der Waals surface area contributed by atoms with Gasteiger partial charge in [0.1, 0.15) is 18.0 Å². The van der Waals surface area contributed by atoms with E-state index in [2.05, 4.69) is 18.2 Å². The van der Waals surface area contributed by atoms with Gasteiger partial charge in [-0.15, -0.1) is 6.42 Å². The lowest BCUT2D eigenvalue weighted by atomic mass is 9.98. The van der Waals surface area contributed by atoms with Crippen molar-refractivity contribution in [1.29, 1.82) is 0 Å². The van der Waals surface area contributed by atoms with Gasteiger partial charge < -0.3 is 20.2 Å². The van der Waals surface area contributed by atoms with Gasteiger partial charge in [-0.1, -0.05) is 61.7 Å². The molecule has 194 valence electrons. The predicted octanol–water partition coefficient (Wildman–Crippen LogP) is 2.18. The summed E-state index contributed by atoms with van der Waals surface area (Å²) in [5.41, 5.74) is 1.75. The smallest absolute Gasteiger partial charge is 0.334 e. The number of carbonyl (C=O) groups is 3. The molecule has 0 saturated carbocycles. The molecule has 2 aliphatic rings. The minimum Gasteiger partial charge on any atom is -0.508 e. The predicted molar refractivity (Wildman–Crippen MR) is 139 cm³/mol. The second kappa shape index (κ2) is 11.8. The van der Waals surface area contributed by atoms with Gasteiger partial charge in [0.15, 0.2) is 0 Å². The van der Waals surface area contributed by atoms with E-state index in [-0.39, 0.29) is 49.7 Å². The third-order valence-electron chi connectivity index (χ3n) is 6.75. The topological polar surface area (TPSA) is 96.4 Å². The van der Waals surface area contributed by atoms with E-state index in [1.807, 2.05) is 30.3 Å². The number of hydrazine groups is 1. The number of aromatic hydroxyl groups is 1. The number of terminal acetylenes is 1. The van der Waals surface area contributed by atoms with E-state index in [0.29, 0.717) is 13.1 Å². The van der Waals surface area contributed by atoms with Crippen molar-refractivity contribution < 1.29 is 19.5 Å². The van der Waals surface area contributed by atoms with Crippen LogP contribution in [0.5, 0.6) is 5.75 Å². The van der Waals surface area contributed by atoms with Crippen LogP contribution in [0.15, 0.2) is 54.6 Å². The summed E-state index contributed by atoms with van der Waals surface area (Å²) < 4.78 is 0. The van der Waals surface area contributed by atoms with Gasteiger partial charge in [-0.05, 0) is 29.7 Å². The molecule has 0 aliphatic carbocycles. The SMILES string of the molecule is C#CCN1CC(=O)N2[C@@H](Cc3ccc(O)cc3)C(=O)N(CCCC)C[C@@H]2N1C(=O)NCc1ccccc1. The van der Waals surface area contributed by atoms with Crippen LogP contribution in [0.25, 0.3) is 0 Å². The number of fused-ring (bicyclic) bond motifs is 1. The van der Waals surface area contributed by atoms with Gasteiger partial charge in [-0.25, -0.2) is 9.80 Å². The molecule has 0 radical (unpaired) electrons. The van der Waals surface area contributed by atoms with Crippen molar-refractivity contribution in [2.75, 3.05) is 26.2 Å². The molecule has 4 rings (SSSR count). The van der Waals surface area contributed by atoms with Gasteiger partial charge in [0.2, 0.25) is 11.8 Å².